The van der Waals surface area contributed by atoms with Gasteiger partial charge in [0.25, 0.3) is 0 Å². The summed E-state index contributed by atoms with van der Waals surface area (Å²) >= 11 is 3.42. The van der Waals surface area contributed by atoms with E-state index < -0.39 is 5.60 Å². The lowest BCUT2D eigenvalue weighted by molar-refractivity contribution is -0.144. The van der Waals surface area contributed by atoms with Gasteiger partial charge in [-0.05, 0) is 31.5 Å². The number of nitrogens with one attached hydrogen (secondary N) is 1. The predicted molar refractivity (Wildman–Crippen MR) is 76.8 cm³/mol. The van der Waals surface area contributed by atoms with Gasteiger partial charge in [0.1, 0.15) is 5.60 Å². The monoisotopic (exact) mass is 335 g/mol. The fourth-order valence-corrected chi connectivity index (χ4v) is 3.20. The number of hydrogen-bond donors (Lipinski definition) is 1. The number of rotatable bonds is 1. The lowest BCUT2D eigenvalue weighted by Gasteiger charge is -2.27. The molecule has 1 aromatic carbocycles. The van der Waals surface area contributed by atoms with Crippen molar-refractivity contribution in [2.75, 3.05) is 0 Å². The summed E-state index contributed by atoms with van der Waals surface area (Å²) < 4.78 is 6.31. The van der Waals surface area contributed by atoms with Gasteiger partial charge in [-0.25, -0.2) is 4.79 Å². The second kappa shape index (κ2) is 4.45. The number of esters is 1. The molecule has 3 rings (SSSR count). The average Bonchev–Trinajstić information content (AvgIpc) is 2.59. The van der Waals surface area contributed by atoms with E-state index in [9.17, 15) is 9.59 Å². The molecular weight excluding hydrogens is 322 g/mol. The van der Waals surface area contributed by atoms with Crippen molar-refractivity contribution in [1.82, 2.24) is 5.32 Å². The van der Waals surface area contributed by atoms with E-state index in [2.05, 4.69) is 21.2 Å². The zero-order valence-electron chi connectivity index (χ0n) is 11.2. The van der Waals surface area contributed by atoms with Gasteiger partial charge < -0.3 is 10.1 Å². The van der Waals surface area contributed by atoms with Crippen LogP contribution in [0, 0.1) is 0 Å². The minimum atomic E-state index is -0.771. The quantitative estimate of drug-likeness (QED) is 0.802. The molecule has 1 aromatic rings. The molecule has 20 heavy (non-hydrogen) atoms. The first-order valence-corrected chi connectivity index (χ1v) is 7.21. The van der Waals surface area contributed by atoms with Crippen LogP contribution in [-0.4, -0.2) is 17.5 Å². The topological polar surface area (TPSA) is 55.4 Å². The molecule has 4 nitrogen and oxygen atoms in total. The summed E-state index contributed by atoms with van der Waals surface area (Å²) in [6.45, 7) is 3.58. The normalized spacial score (nSPS) is 24.2. The zero-order chi connectivity index (χ0) is 14.5. The van der Waals surface area contributed by atoms with Gasteiger partial charge in [-0.15, -0.1) is 0 Å². The van der Waals surface area contributed by atoms with Gasteiger partial charge in [-0.3, -0.25) is 4.79 Å². The molecule has 1 N–H and O–H groups in total. The number of halogens is 1. The predicted octanol–water partition coefficient (Wildman–Crippen LogP) is 2.64. The standard InChI is InChI=1S/C15H14BrNO3/c1-15(2)13-12(14(19)20-15)10(7-11(18)17-13)8-4-3-5-9(16)6-8/h3-6,10H,7H2,1-2H3,(H,17,18)/t10-/m1/s1. The number of hydrogen-bond acceptors (Lipinski definition) is 3. The Bertz CT molecular complexity index is 648. The lowest BCUT2D eigenvalue weighted by Crippen LogP contribution is -2.38. The van der Waals surface area contributed by atoms with E-state index >= 15 is 0 Å². The maximum absolute atomic E-state index is 12.2. The molecule has 0 bridgehead atoms. The van der Waals surface area contributed by atoms with Crippen molar-refractivity contribution in [3.63, 3.8) is 0 Å². The maximum Gasteiger partial charge on any atom is 0.337 e. The molecule has 104 valence electrons. The van der Waals surface area contributed by atoms with Gasteiger partial charge in [0.15, 0.2) is 0 Å². The van der Waals surface area contributed by atoms with Crippen LogP contribution in [0.25, 0.3) is 0 Å². The zero-order valence-corrected chi connectivity index (χ0v) is 12.8. The molecule has 0 saturated carbocycles. The number of ether oxygens (including phenoxy) is 1. The summed E-state index contributed by atoms with van der Waals surface area (Å²) in [6, 6.07) is 7.68. The van der Waals surface area contributed by atoms with Crippen LogP contribution in [0.2, 0.25) is 0 Å². The molecule has 0 saturated heterocycles. The van der Waals surface area contributed by atoms with Crippen LogP contribution in [-0.2, 0) is 14.3 Å². The Kier molecular flexibility index (Phi) is 2.97. The first-order chi connectivity index (χ1) is 9.38. The molecule has 0 aromatic heterocycles. The first-order valence-electron chi connectivity index (χ1n) is 6.42. The highest BCUT2D eigenvalue weighted by molar-refractivity contribution is 9.10. The molecule has 0 radical (unpaired) electrons. The van der Waals surface area contributed by atoms with Crippen molar-refractivity contribution in [2.45, 2.75) is 31.8 Å². The smallest absolute Gasteiger partial charge is 0.337 e. The summed E-state index contributed by atoms with van der Waals surface area (Å²) in [5.74, 6) is -0.666. The second-order valence-corrected chi connectivity index (χ2v) is 6.46. The lowest BCUT2D eigenvalue weighted by atomic mass is 9.83. The third-order valence-corrected chi connectivity index (χ3v) is 4.19. The number of carbonyl (C=O) groups excluding carboxylic acids is 2. The Balaban J connectivity index is 2.13. The van der Waals surface area contributed by atoms with Crippen LogP contribution < -0.4 is 5.32 Å². The van der Waals surface area contributed by atoms with Gasteiger partial charge >= 0.3 is 5.97 Å². The molecule has 2 heterocycles. The molecular formula is C15H14BrNO3. The Morgan fingerprint density at radius 3 is 2.80 bits per heavy atom. The third-order valence-electron chi connectivity index (χ3n) is 3.69. The summed E-state index contributed by atoms with van der Waals surface area (Å²) in [5.41, 5.74) is 1.35. The van der Waals surface area contributed by atoms with Gasteiger partial charge in [-0.2, -0.15) is 0 Å². The van der Waals surface area contributed by atoms with Gasteiger partial charge in [0.2, 0.25) is 5.91 Å². The molecule has 1 atom stereocenters. The van der Waals surface area contributed by atoms with Crippen LogP contribution in [0.3, 0.4) is 0 Å². The molecule has 0 unspecified atom stereocenters. The van der Waals surface area contributed by atoms with E-state index in [1.807, 2.05) is 24.3 Å². The Labute approximate surface area is 125 Å². The Hall–Kier alpha value is -1.62. The van der Waals surface area contributed by atoms with Crippen molar-refractivity contribution in [1.29, 1.82) is 0 Å². The van der Waals surface area contributed by atoms with E-state index in [0.717, 1.165) is 10.0 Å². The van der Waals surface area contributed by atoms with E-state index in [1.54, 1.807) is 13.8 Å². The fraction of sp³-hybridized carbons (Fsp3) is 0.333. The van der Waals surface area contributed by atoms with Crippen molar-refractivity contribution < 1.29 is 14.3 Å². The minimum absolute atomic E-state index is 0.0832. The minimum Gasteiger partial charge on any atom is -0.450 e. The summed E-state index contributed by atoms with van der Waals surface area (Å²) in [4.78, 5) is 24.1. The van der Waals surface area contributed by atoms with Crippen LogP contribution in [0.1, 0.15) is 31.7 Å². The van der Waals surface area contributed by atoms with Crippen molar-refractivity contribution in [3.8, 4) is 0 Å². The van der Waals surface area contributed by atoms with E-state index in [-0.39, 0.29) is 24.2 Å². The largest absolute Gasteiger partial charge is 0.450 e. The number of amides is 1. The van der Waals surface area contributed by atoms with E-state index in [4.69, 9.17) is 4.74 Å². The highest BCUT2D eigenvalue weighted by atomic mass is 79.9. The number of benzene rings is 1. The number of cyclic esters (lactones) is 1. The van der Waals surface area contributed by atoms with Crippen LogP contribution in [0.5, 0.6) is 0 Å². The van der Waals surface area contributed by atoms with Crippen molar-refractivity contribution in [2.24, 2.45) is 0 Å². The third kappa shape index (κ3) is 2.06. The maximum atomic E-state index is 12.2. The molecule has 2 aliphatic heterocycles. The molecule has 0 aliphatic carbocycles. The summed E-state index contributed by atoms with van der Waals surface area (Å²) in [6.07, 6.45) is 0.264. The van der Waals surface area contributed by atoms with Gasteiger partial charge in [0, 0.05) is 16.8 Å². The highest BCUT2D eigenvalue weighted by Crippen LogP contribution is 2.42. The van der Waals surface area contributed by atoms with E-state index in [1.165, 1.54) is 0 Å². The molecule has 0 fully saturated rings. The molecule has 0 spiro atoms. The van der Waals surface area contributed by atoms with Gasteiger partial charge in [-0.1, -0.05) is 28.1 Å². The fourth-order valence-electron chi connectivity index (χ4n) is 2.78. The highest BCUT2D eigenvalue weighted by Gasteiger charge is 2.47. The molecule has 1 amide bonds. The molecule has 5 heteroatoms. The Morgan fingerprint density at radius 2 is 2.10 bits per heavy atom. The molecule has 2 aliphatic rings. The van der Waals surface area contributed by atoms with Crippen LogP contribution >= 0.6 is 15.9 Å². The van der Waals surface area contributed by atoms with Crippen molar-refractivity contribution >= 4 is 27.8 Å². The SMILES string of the molecule is CC1(C)OC(=O)C2=C1NC(=O)C[C@@H]2c1cccc(Br)c1. The van der Waals surface area contributed by atoms with Crippen LogP contribution in [0.15, 0.2) is 40.0 Å². The second-order valence-electron chi connectivity index (χ2n) is 5.55. The van der Waals surface area contributed by atoms with Crippen molar-refractivity contribution in [3.05, 3.63) is 45.6 Å². The first kappa shape index (κ1) is 13.4. The van der Waals surface area contributed by atoms with Gasteiger partial charge in [0.05, 0.1) is 11.3 Å². The van der Waals surface area contributed by atoms with Crippen LogP contribution in [0.4, 0.5) is 0 Å². The number of carbonyl (C=O) groups is 2. The van der Waals surface area contributed by atoms with E-state index in [0.29, 0.717) is 11.3 Å². The summed E-state index contributed by atoms with van der Waals surface area (Å²) in [7, 11) is 0. The summed E-state index contributed by atoms with van der Waals surface area (Å²) in [5, 5.41) is 2.80. The average molecular weight is 336 g/mol. The Morgan fingerprint density at radius 1 is 1.35 bits per heavy atom.